The average Bonchev–Trinajstić information content (AvgIpc) is 2.53. The average molecular weight is 205 g/mol. The summed E-state index contributed by atoms with van der Waals surface area (Å²) in [6, 6.07) is 1.43. The van der Waals surface area contributed by atoms with Crippen molar-refractivity contribution in [2.24, 2.45) is 0 Å². The van der Waals surface area contributed by atoms with Gasteiger partial charge < -0.3 is 4.52 Å². The summed E-state index contributed by atoms with van der Waals surface area (Å²) in [5, 5.41) is 3.83. The molecule has 0 radical (unpaired) electrons. The second kappa shape index (κ2) is 3.68. The van der Waals surface area contributed by atoms with Crippen molar-refractivity contribution in [2.75, 3.05) is 0 Å². The Bertz CT molecular complexity index is 508. The van der Waals surface area contributed by atoms with Crippen LogP contribution >= 0.6 is 0 Å². The van der Waals surface area contributed by atoms with Gasteiger partial charge in [-0.1, -0.05) is 5.16 Å². The van der Waals surface area contributed by atoms with Crippen LogP contribution in [0.25, 0.3) is 0 Å². The summed E-state index contributed by atoms with van der Waals surface area (Å²) in [6.07, 6.45) is 2.99. The standard InChI is InChI=1S/C10H11N3O2/c1-7-9(8(2)15-12-7)5-13-6-11-4-3-10(13)14/h3-4,6H,5H2,1-2H3. The largest absolute Gasteiger partial charge is 0.361 e. The molecule has 2 aromatic rings. The lowest BCUT2D eigenvalue weighted by Gasteiger charge is -2.02. The van der Waals surface area contributed by atoms with Crippen molar-refractivity contribution in [2.45, 2.75) is 20.4 Å². The summed E-state index contributed by atoms with van der Waals surface area (Å²) in [4.78, 5) is 15.3. The van der Waals surface area contributed by atoms with Crippen LogP contribution in [0.15, 0.2) is 27.9 Å². The molecule has 0 N–H and O–H groups in total. The van der Waals surface area contributed by atoms with E-state index in [1.807, 2.05) is 13.8 Å². The predicted molar refractivity (Wildman–Crippen MR) is 53.6 cm³/mol. The Hall–Kier alpha value is -1.91. The van der Waals surface area contributed by atoms with Crippen LogP contribution in [-0.2, 0) is 6.54 Å². The van der Waals surface area contributed by atoms with Crippen molar-refractivity contribution in [3.8, 4) is 0 Å². The number of nitrogens with zero attached hydrogens (tertiary/aromatic N) is 3. The molecule has 0 aromatic carbocycles. The van der Waals surface area contributed by atoms with Crippen LogP contribution in [0.3, 0.4) is 0 Å². The molecule has 2 aromatic heterocycles. The Kier molecular flexibility index (Phi) is 2.37. The molecule has 0 saturated heterocycles. The molecule has 0 aliphatic carbocycles. The molecule has 2 heterocycles. The van der Waals surface area contributed by atoms with E-state index in [1.54, 1.807) is 0 Å². The summed E-state index contributed by atoms with van der Waals surface area (Å²) in [5.41, 5.74) is 1.67. The van der Waals surface area contributed by atoms with Gasteiger partial charge >= 0.3 is 0 Å². The molecular weight excluding hydrogens is 194 g/mol. The molecule has 0 fully saturated rings. The first-order chi connectivity index (χ1) is 7.18. The molecule has 0 unspecified atom stereocenters. The SMILES string of the molecule is Cc1noc(C)c1Cn1cnccc1=O. The number of hydrogen-bond acceptors (Lipinski definition) is 4. The molecule has 0 spiro atoms. The van der Waals surface area contributed by atoms with Crippen LogP contribution in [0.5, 0.6) is 0 Å². The molecule has 0 saturated carbocycles. The van der Waals surface area contributed by atoms with Crippen molar-refractivity contribution in [3.63, 3.8) is 0 Å². The molecule has 0 bridgehead atoms. The van der Waals surface area contributed by atoms with Crippen molar-refractivity contribution in [1.29, 1.82) is 0 Å². The highest BCUT2D eigenvalue weighted by atomic mass is 16.5. The van der Waals surface area contributed by atoms with E-state index < -0.39 is 0 Å². The summed E-state index contributed by atoms with van der Waals surface area (Å²) >= 11 is 0. The molecule has 5 heteroatoms. The van der Waals surface area contributed by atoms with Gasteiger partial charge in [-0.15, -0.1) is 0 Å². The first-order valence-electron chi connectivity index (χ1n) is 4.60. The molecule has 5 nitrogen and oxygen atoms in total. The Morgan fingerprint density at radius 3 is 2.87 bits per heavy atom. The number of rotatable bonds is 2. The van der Waals surface area contributed by atoms with Gasteiger partial charge in [0.2, 0.25) is 0 Å². The number of hydrogen-bond donors (Lipinski definition) is 0. The molecular formula is C10H11N3O2. The minimum Gasteiger partial charge on any atom is -0.361 e. The maximum atomic E-state index is 11.4. The fraction of sp³-hybridized carbons (Fsp3) is 0.300. The number of aromatic nitrogens is 3. The molecule has 15 heavy (non-hydrogen) atoms. The van der Waals surface area contributed by atoms with Crippen LogP contribution in [0.4, 0.5) is 0 Å². The van der Waals surface area contributed by atoms with Gasteiger partial charge in [-0.25, -0.2) is 4.98 Å². The Morgan fingerprint density at radius 2 is 2.27 bits per heavy atom. The van der Waals surface area contributed by atoms with E-state index >= 15 is 0 Å². The first-order valence-corrected chi connectivity index (χ1v) is 4.60. The molecule has 0 amide bonds. The third-order valence-corrected chi connectivity index (χ3v) is 2.30. The van der Waals surface area contributed by atoms with Crippen molar-refractivity contribution >= 4 is 0 Å². The van der Waals surface area contributed by atoms with Gasteiger partial charge in [-0.3, -0.25) is 9.36 Å². The molecule has 0 aliphatic rings. The summed E-state index contributed by atoms with van der Waals surface area (Å²) in [5.74, 6) is 0.739. The highest BCUT2D eigenvalue weighted by molar-refractivity contribution is 5.20. The minimum absolute atomic E-state index is 0.0787. The highest BCUT2D eigenvalue weighted by Crippen LogP contribution is 2.12. The van der Waals surface area contributed by atoms with Crippen LogP contribution in [-0.4, -0.2) is 14.7 Å². The van der Waals surface area contributed by atoms with Gasteiger partial charge in [-0.2, -0.15) is 0 Å². The topological polar surface area (TPSA) is 60.9 Å². The van der Waals surface area contributed by atoms with Crippen LogP contribution in [0.2, 0.25) is 0 Å². The molecule has 2 rings (SSSR count). The van der Waals surface area contributed by atoms with Gasteiger partial charge in [0.1, 0.15) is 5.76 Å². The van der Waals surface area contributed by atoms with Crippen molar-refractivity contribution in [1.82, 2.24) is 14.7 Å². The fourth-order valence-electron chi connectivity index (χ4n) is 1.40. The van der Waals surface area contributed by atoms with E-state index in [4.69, 9.17) is 4.52 Å². The van der Waals surface area contributed by atoms with Gasteiger partial charge in [-0.05, 0) is 13.8 Å². The predicted octanol–water partition coefficient (Wildman–Crippen LogP) is 0.896. The minimum atomic E-state index is -0.0787. The third kappa shape index (κ3) is 1.81. The zero-order chi connectivity index (χ0) is 10.8. The van der Waals surface area contributed by atoms with E-state index in [1.165, 1.54) is 23.2 Å². The summed E-state index contributed by atoms with van der Waals surface area (Å²) < 4.78 is 6.54. The quantitative estimate of drug-likeness (QED) is 0.730. The second-order valence-corrected chi connectivity index (χ2v) is 3.35. The highest BCUT2D eigenvalue weighted by Gasteiger charge is 2.09. The third-order valence-electron chi connectivity index (χ3n) is 2.30. The zero-order valence-electron chi connectivity index (χ0n) is 8.60. The Balaban J connectivity index is 2.38. The van der Waals surface area contributed by atoms with E-state index in [-0.39, 0.29) is 5.56 Å². The van der Waals surface area contributed by atoms with Gasteiger partial charge in [0, 0.05) is 17.8 Å². The Morgan fingerprint density at radius 1 is 1.47 bits per heavy atom. The molecule has 0 atom stereocenters. The first kappa shape index (κ1) is 9.64. The number of aryl methyl sites for hydroxylation is 2. The lowest BCUT2D eigenvalue weighted by molar-refractivity contribution is 0.392. The summed E-state index contributed by atoms with van der Waals surface area (Å²) in [7, 11) is 0. The van der Waals surface area contributed by atoms with Crippen LogP contribution in [0, 0.1) is 13.8 Å². The van der Waals surface area contributed by atoms with Crippen molar-refractivity contribution in [3.05, 3.63) is 46.0 Å². The van der Waals surface area contributed by atoms with Gasteiger partial charge in [0.25, 0.3) is 5.56 Å². The lowest BCUT2D eigenvalue weighted by atomic mass is 10.2. The maximum Gasteiger partial charge on any atom is 0.253 e. The van der Waals surface area contributed by atoms with E-state index in [2.05, 4.69) is 10.1 Å². The van der Waals surface area contributed by atoms with Crippen molar-refractivity contribution < 1.29 is 4.52 Å². The lowest BCUT2D eigenvalue weighted by Crippen LogP contribution is -2.19. The van der Waals surface area contributed by atoms with Gasteiger partial charge in [0.15, 0.2) is 0 Å². The monoisotopic (exact) mass is 205 g/mol. The second-order valence-electron chi connectivity index (χ2n) is 3.35. The maximum absolute atomic E-state index is 11.4. The molecule has 0 aliphatic heterocycles. The van der Waals surface area contributed by atoms with E-state index in [0.717, 1.165) is 17.0 Å². The zero-order valence-corrected chi connectivity index (χ0v) is 8.60. The smallest absolute Gasteiger partial charge is 0.253 e. The van der Waals surface area contributed by atoms with Crippen LogP contribution in [0.1, 0.15) is 17.0 Å². The summed E-state index contributed by atoms with van der Waals surface area (Å²) in [6.45, 7) is 4.14. The molecule has 78 valence electrons. The normalized spacial score (nSPS) is 10.5. The fourth-order valence-corrected chi connectivity index (χ4v) is 1.40. The van der Waals surface area contributed by atoms with Crippen LogP contribution < -0.4 is 5.56 Å². The van der Waals surface area contributed by atoms with Gasteiger partial charge in [0.05, 0.1) is 18.6 Å². The Labute approximate surface area is 86.4 Å². The van der Waals surface area contributed by atoms with E-state index in [0.29, 0.717) is 6.54 Å². The van der Waals surface area contributed by atoms with E-state index in [9.17, 15) is 4.79 Å².